The van der Waals surface area contributed by atoms with Crippen molar-refractivity contribution < 1.29 is 5.11 Å². The summed E-state index contributed by atoms with van der Waals surface area (Å²) in [4.78, 5) is 6.54. The molecule has 1 aromatic carbocycles. The fourth-order valence-electron chi connectivity index (χ4n) is 3.81. The van der Waals surface area contributed by atoms with E-state index in [-0.39, 0.29) is 5.92 Å². The molecule has 0 aliphatic heterocycles. The summed E-state index contributed by atoms with van der Waals surface area (Å²) in [6, 6.07) is 14.5. The molecule has 0 amide bonds. The zero-order chi connectivity index (χ0) is 16.1. The molecule has 3 rings (SSSR count). The summed E-state index contributed by atoms with van der Waals surface area (Å²) in [7, 11) is 2.14. The lowest BCUT2D eigenvalue weighted by atomic mass is 9.71. The number of nitrogens with zero attached hydrogens (tertiary/aromatic N) is 2. The van der Waals surface area contributed by atoms with Crippen LogP contribution in [-0.4, -0.2) is 28.6 Å². The fourth-order valence-corrected chi connectivity index (χ4v) is 3.81. The Morgan fingerprint density at radius 1 is 1.17 bits per heavy atom. The molecule has 1 N–H and O–H groups in total. The summed E-state index contributed by atoms with van der Waals surface area (Å²) in [6.07, 6.45) is 7.80. The number of aliphatic hydroxyl groups is 1. The quantitative estimate of drug-likeness (QED) is 0.917. The van der Waals surface area contributed by atoms with Gasteiger partial charge in [-0.2, -0.15) is 0 Å². The molecule has 1 aromatic heterocycles. The number of aromatic nitrogens is 1. The van der Waals surface area contributed by atoms with E-state index in [0.717, 1.165) is 37.9 Å². The molecule has 1 saturated carbocycles. The van der Waals surface area contributed by atoms with E-state index in [1.165, 1.54) is 12.0 Å². The third kappa shape index (κ3) is 3.80. The van der Waals surface area contributed by atoms with Gasteiger partial charge in [0.15, 0.2) is 0 Å². The Hall–Kier alpha value is -1.71. The third-order valence-corrected chi connectivity index (χ3v) is 5.02. The Bertz CT molecular complexity index is 602. The second kappa shape index (κ2) is 7.24. The summed E-state index contributed by atoms with van der Waals surface area (Å²) in [5.74, 6) is 0.258. The highest BCUT2D eigenvalue weighted by Gasteiger charge is 2.40. The first-order valence-corrected chi connectivity index (χ1v) is 8.54. The van der Waals surface area contributed by atoms with E-state index >= 15 is 0 Å². The van der Waals surface area contributed by atoms with Gasteiger partial charge in [0.1, 0.15) is 0 Å². The van der Waals surface area contributed by atoms with E-state index < -0.39 is 5.60 Å². The Morgan fingerprint density at radius 3 is 2.74 bits per heavy atom. The predicted octanol–water partition coefficient (Wildman–Crippen LogP) is 3.59. The van der Waals surface area contributed by atoms with Crippen molar-refractivity contribution in [1.82, 2.24) is 9.88 Å². The average Bonchev–Trinajstić information content (AvgIpc) is 2.59. The third-order valence-electron chi connectivity index (χ3n) is 5.02. The number of pyridine rings is 1. The minimum Gasteiger partial charge on any atom is -0.385 e. The summed E-state index contributed by atoms with van der Waals surface area (Å²) >= 11 is 0. The molecule has 2 aromatic rings. The summed E-state index contributed by atoms with van der Waals surface area (Å²) < 4.78 is 0. The van der Waals surface area contributed by atoms with Gasteiger partial charge in [0.2, 0.25) is 0 Å². The lowest BCUT2D eigenvalue weighted by molar-refractivity contribution is -0.0645. The maximum absolute atomic E-state index is 11.4. The highest BCUT2D eigenvalue weighted by Crippen LogP contribution is 2.41. The Kier molecular flexibility index (Phi) is 5.09. The van der Waals surface area contributed by atoms with Crippen LogP contribution in [0.2, 0.25) is 0 Å². The molecule has 1 heterocycles. The second-order valence-electron chi connectivity index (χ2n) is 6.79. The van der Waals surface area contributed by atoms with E-state index in [9.17, 15) is 5.11 Å². The van der Waals surface area contributed by atoms with Gasteiger partial charge >= 0.3 is 0 Å². The van der Waals surface area contributed by atoms with E-state index in [1.54, 1.807) is 6.20 Å². The van der Waals surface area contributed by atoms with Crippen LogP contribution in [0, 0.1) is 5.92 Å². The highest BCUT2D eigenvalue weighted by molar-refractivity contribution is 5.20. The number of rotatable bonds is 5. The molecule has 2 atom stereocenters. The standard InChI is InChI=1S/C20H26N2O/c1-22(15-17-8-3-2-4-9-17)16-19-10-5-6-12-20(19,23)18-11-7-13-21-14-18/h2-4,7-9,11,13-14,19,23H,5-6,10,12,15-16H2,1H3. The zero-order valence-electron chi connectivity index (χ0n) is 13.9. The van der Waals surface area contributed by atoms with Crippen molar-refractivity contribution >= 4 is 0 Å². The fraction of sp³-hybridized carbons (Fsp3) is 0.450. The molecule has 0 saturated heterocycles. The Balaban J connectivity index is 1.72. The molecule has 1 fully saturated rings. The molecule has 0 radical (unpaired) electrons. The summed E-state index contributed by atoms with van der Waals surface area (Å²) in [5, 5.41) is 11.4. The van der Waals surface area contributed by atoms with Gasteiger partial charge in [0.25, 0.3) is 0 Å². The smallest absolute Gasteiger partial charge is 0.0951 e. The van der Waals surface area contributed by atoms with Crippen LogP contribution in [0.1, 0.15) is 36.8 Å². The van der Waals surface area contributed by atoms with Crippen molar-refractivity contribution in [2.24, 2.45) is 5.92 Å². The van der Waals surface area contributed by atoms with Crippen LogP contribution in [0.25, 0.3) is 0 Å². The van der Waals surface area contributed by atoms with Gasteiger partial charge in [-0.1, -0.05) is 49.2 Å². The van der Waals surface area contributed by atoms with Crippen molar-refractivity contribution in [2.45, 2.75) is 37.8 Å². The molecule has 122 valence electrons. The first-order valence-electron chi connectivity index (χ1n) is 8.54. The average molecular weight is 310 g/mol. The van der Waals surface area contributed by atoms with Gasteiger partial charge in [0.05, 0.1) is 5.60 Å². The molecule has 2 unspecified atom stereocenters. The molecule has 0 spiro atoms. The maximum atomic E-state index is 11.4. The molecule has 3 heteroatoms. The first kappa shape index (κ1) is 16.2. The van der Waals surface area contributed by atoms with Crippen molar-refractivity contribution in [3.8, 4) is 0 Å². The topological polar surface area (TPSA) is 36.4 Å². The van der Waals surface area contributed by atoms with Gasteiger partial charge < -0.3 is 10.0 Å². The van der Waals surface area contributed by atoms with Gasteiger partial charge in [-0.05, 0) is 31.5 Å². The van der Waals surface area contributed by atoms with Crippen LogP contribution in [-0.2, 0) is 12.1 Å². The lowest BCUT2D eigenvalue weighted by Crippen LogP contribution is -2.43. The van der Waals surface area contributed by atoms with Crippen LogP contribution in [0.5, 0.6) is 0 Å². The van der Waals surface area contributed by atoms with Crippen molar-refractivity contribution in [2.75, 3.05) is 13.6 Å². The molecule has 1 aliphatic carbocycles. The molecule has 23 heavy (non-hydrogen) atoms. The monoisotopic (exact) mass is 310 g/mol. The normalized spacial score (nSPS) is 24.7. The van der Waals surface area contributed by atoms with E-state index in [2.05, 4.69) is 41.2 Å². The van der Waals surface area contributed by atoms with Gasteiger partial charge in [-0.15, -0.1) is 0 Å². The second-order valence-corrected chi connectivity index (χ2v) is 6.79. The molecule has 0 bridgehead atoms. The van der Waals surface area contributed by atoms with E-state index in [1.807, 2.05) is 24.4 Å². The van der Waals surface area contributed by atoms with Gasteiger partial charge in [-0.3, -0.25) is 4.98 Å². The van der Waals surface area contributed by atoms with Crippen LogP contribution in [0.3, 0.4) is 0 Å². The van der Waals surface area contributed by atoms with Crippen LogP contribution in [0.4, 0.5) is 0 Å². The van der Waals surface area contributed by atoms with Crippen LogP contribution >= 0.6 is 0 Å². The molecular weight excluding hydrogens is 284 g/mol. The predicted molar refractivity (Wildman–Crippen MR) is 92.9 cm³/mol. The van der Waals surface area contributed by atoms with Gasteiger partial charge in [-0.25, -0.2) is 0 Å². The van der Waals surface area contributed by atoms with Crippen LogP contribution in [0.15, 0.2) is 54.9 Å². The minimum atomic E-state index is -0.739. The summed E-state index contributed by atoms with van der Waals surface area (Å²) in [5.41, 5.74) is 1.55. The number of benzene rings is 1. The first-order chi connectivity index (χ1) is 11.2. The van der Waals surface area contributed by atoms with Crippen LogP contribution < -0.4 is 0 Å². The van der Waals surface area contributed by atoms with Gasteiger partial charge in [0, 0.05) is 37.0 Å². The SMILES string of the molecule is CN(Cc1ccccc1)CC1CCCCC1(O)c1cccnc1. The molecular formula is C20H26N2O. The molecule has 1 aliphatic rings. The Labute approximate surface area is 139 Å². The number of hydrogen-bond acceptors (Lipinski definition) is 3. The number of hydrogen-bond donors (Lipinski definition) is 1. The van der Waals surface area contributed by atoms with Crippen molar-refractivity contribution in [1.29, 1.82) is 0 Å². The highest BCUT2D eigenvalue weighted by atomic mass is 16.3. The van der Waals surface area contributed by atoms with E-state index in [4.69, 9.17) is 0 Å². The summed E-state index contributed by atoms with van der Waals surface area (Å²) in [6.45, 7) is 1.82. The minimum absolute atomic E-state index is 0.258. The largest absolute Gasteiger partial charge is 0.385 e. The Morgan fingerprint density at radius 2 is 2.00 bits per heavy atom. The molecule has 3 nitrogen and oxygen atoms in total. The lowest BCUT2D eigenvalue weighted by Gasteiger charge is -2.42. The van der Waals surface area contributed by atoms with Crippen molar-refractivity contribution in [3.63, 3.8) is 0 Å². The maximum Gasteiger partial charge on any atom is 0.0951 e. The zero-order valence-corrected chi connectivity index (χ0v) is 13.9. The van der Waals surface area contributed by atoms with Crippen molar-refractivity contribution in [3.05, 3.63) is 66.0 Å². The van der Waals surface area contributed by atoms with E-state index in [0.29, 0.717) is 0 Å².